The summed E-state index contributed by atoms with van der Waals surface area (Å²) < 4.78 is 11.0. The SMILES string of the molecule is COc1ccc(-c2cc(-c3ccc(C)cc3)nc(SCC(=O)OC3CCCCC3)c2C#N)cc1. The van der Waals surface area contributed by atoms with Crippen molar-refractivity contribution in [2.75, 3.05) is 12.9 Å². The highest BCUT2D eigenvalue weighted by atomic mass is 32.2. The van der Waals surface area contributed by atoms with Crippen LogP contribution in [-0.2, 0) is 9.53 Å². The minimum Gasteiger partial charge on any atom is -0.497 e. The number of nitriles is 1. The topological polar surface area (TPSA) is 72.2 Å². The molecule has 2 aromatic carbocycles. The molecular weight excluding hydrogens is 444 g/mol. The summed E-state index contributed by atoms with van der Waals surface area (Å²) in [6.07, 6.45) is 5.30. The Morgan fingerprint density at radius 1 is 1.06 bits per heavy atom. The fraction of sp³-hybridized carbons (Fsp3) is 0.321. The van der Waals surface area contributed by atoms with E-state index in [0.717, 1.165) is 59.4 Å². The summed E-state index contributed by atoms with van der Waals surface area (Å²) in [6, 6.07) is 20.0. The van der Waals surface area contributed by atoms with Crippen LogP contribution in [0.2, 0.25) is 0 Å². The second kappa shape index (κ2) is 11.2. The van der Waals surface area contributed by atoms with Gasteiger partial charge in [-0.2, -0.15) is 5.26 Å². The Balaban J connectivity index is 1.66. The van der Waals surface area contributed by atoms with Crippen LogP contribution < -0.4 is 4.74 Å². The van der Waals surface area contributed by atoms with Crippen molar-refractivity contribution in [2.24, 2.45) is 0 Å². The van der Waals surface area contributed by atoms with Crippen molar-refractivity contribution in [3.8, 4) is 34.2 Å². The molecule has 0 amide bonds. The molecule has 1 aromatic heterocycles. The fourth-order valence-electron chi connectivity index (χ4n) is 4.13. The quantitative estimate of drug-likeness (QED) is 0.286. The number of hydrogen-bond donors (Lipinski definition) is 0. The Kier molecular flexibility index (Phi) is 7.87. The van der Waals surface area contributed by atoms with E-state index in [1.54, 1.807) is 7.11 Å². The van der Waals surface area contributed by atoms with Gasteiger partial charge in [0.25, 0.3) is 0 Å². The monoisotopic (exact) mass is 472 g/mol. The lowest BCUT2D eigenvalue weighted by atomic mass is 9.98. The summed E-state index contributed by atoms with van der Waals surface area (Å²) in [5, 5.41) is 10.6. The number of pyridine rings is 1. The van der Waals surface area contributed by atoms with E-state index in [0.29, 0.717) is 10.6 Å². The molecule has 0 bridgehead atoms. The maximum Gasteiger partial charge on any atom is 0.316 e. The lowest BCUT2D eigenvalue weighted by Crippen LogP contribution is -2.22. The first kappa shape index (κ1) is 23.8. The Labute approximate surface area is 205 Å². The van der Waals surface area contributed by atoms with Crippen LogP contribution in [0.15, 0.2) is 59.6 Å². The van der Waals surface area contributed by atoms with E-state index in [9.17, 15) is 10.1 Å². The van der Waals surface area contributed by atoms with E-state index in [2.05, 4.69) is 6.07 Å². The Bertz CT molecular complexity index is 1180. The highest BCUT2D eigenvalue weighted by Gasteiger charge is 2.20. The second-order valence-electron chi connectivity index (χ2n) is 8.48. The van der Waals surface area contributed by atoms with Crippen molar-refractivity contribution in [1.29, 1.82) is 5.26 Å². The van der Waals surface area contributed by atoms with Crippen LogP contribution in [0.3, 0.4) is 0 Å². The average molecular weight is 473 g/mol. The molecule has 1 heterocycles. The number of carbonyl (C=O) groups is 1. The summed E-state index contributed by atoms with van der Waals surface area (Å²) >= 11 is 1.26. The first-order chi connectivity index (χ1) is 16.6. The van der Waals surface area contributed by atoms with Gasteiger partial charge in [0.1, 0.15) is 22.9 Å². The maximum atomic E-state index is 12.5. The number of hydrogen-bond acceptors (Lipinski definition) is 6. The number of aromatic nitrogens is 1. The van der Waals surface area contributed by atoms with Crippen molar-refractivity contribution in [3.05, 3.63) is 65.7 Å². The summed E-state index contributed by atoms with van der Waals surface area (Å²) in [7, 11) is 1.62. The van der Waals surface area contributed by atoms with E-state index in [4.69, 9.17) is 14.5 Å². The van der Waals surface area contributed by atoms with Crippen molar-refractivity contribution < 1.29 is 14.3 Å². The van der Waals surface area contributed by atoms with Gasteiger partial charge < -0.3 is 9.47 Å². The third kappa shape index (κ3) is 5.78. The highest BCUT2D eigenvalue weighted by molar-refractivity contribution is 7.99. The Hall–Kier alpha value is -3.30. The summed E-state index contributed by atoms with van der Waals surface area (Å²) in [4.78, 5) is 17.3. The zero-order valence-corrected chi connectivity index (χ0v) is 20.4. The van der Waals surface area contributed by atoms with Crippen LogP contribution in [0.4, 0.5) is 0 Å². The lowest BCUT2D eigenvalue weighted by molar-refractivity contribution is -0.147. The van der Waals surface area contributed by atoms with Gasteiger partial charge in [-0.1, -0.05) is 60.1 Å². The molecule has 0 spiro atoms. The minimum absolute atomic E-state index is 0.0130. The third-order valence-electron chi connectivity index (χ3n) is 6.02. The average Bonchev–Trinajstić information content (AvgIpc) is 2.88. The van der Waals surface area contributed by atoms with Gasteiger partial charge >= 0.3 is 5.97 Å². The molecule has 6 heteroatoms. The van der Waals surface area contributed by atoms with Gasteiger partial charge in [0.05, 0.1) is 24.1 Å². The number of aryl methyl sites for hydroxylation is 1. The predicted molar refractivity (Wildman–Crippen MR) is 135 cm³/mol. The third-order valence-corrected chi connectivity index (χ3v) is 6.97. The number of carbonyl (C=O) groups excluding carboxylic acids is 1. The van der Waals surface area contributed by atoms with Crippen LogP contribution in [0, 0.1) is 18.3 Å². The second-order valence-corrected chi connectivity index (χ2v) is 9.44. The zero-order valence-electron chi connectivity index (χ0n) is 19.5. The molecule has 1 aliphatic rings. The van der Waals surface area contributed by atoms with E-state index >= 15 is 0 Å². The lowest BCUT2D eigenvalue weighted by Gasteiger charge is -2.21. The van der Waals surface area contributed by atoms with Gasteiger partial charge in [-0.15, -0.1) is 0 Å². The maximum absolute atomic E-state index is 12.5. The van der Waals surface area contributed by atoms with Crippen molar-refractivity contribution in [2.45, 2.75) is 50.2 Å². The zero-order chi connectivity index (χ0) is 23.9. The smallest absolute Gasteiger partial charge is 0.316 e. The summed E-state index contributed by atoms with van der Waals surface area (Å²) in [6.45, 7) is 2.04. The van der Waals surface area contributed by atoms with Crippen molar-refractivity contribution in [3.63, 3.8) is 0 Å². The van der Waals surface area contributed by atoms with E-state index in [1.165, 1.54) is 18.2 Å². The van der Waals surface area contributed by atoms with Gasteiger partial charge in [-0.25, -0.2) is 4.98 Å². The van der Waals surface area contributed by atoms with Crippen molar-refractivity contribution in [1.82, 2.24) is 4.98 Å². The van der Waals surface area contributed by atoms with Gasteiger partial charge in [0.2, 0.25) is 0 Å². The van der Waals surface area contributed by atoms with E-state index in [1.807, 2.05) is 61.5 Å². The van der Waals surface area contributed by atoms with E-state index < -0.39 is 0 Å². The van der Waals surface area contributed by atoms with E-state index in [-0.39, 0.29) is 17.8 Å². The number of esters is 1. The standard InChI is InChI=1S/C28H28N2O3S/c1-19-8-10-21(11-9-19)26-16-24(20-12-14-22(32-2)15-13-20)25(17-29)28(30-26)34-18-27(31)33-23-6-4-3-5-7-23/h8-16,23H,3-7,18H2,1-2H3. The van der Waals surface area contributed by atoms with Crippen LogP contribution in [0.5, 0.6) is 5.75 Å². The molecule has 34 heavy (non-hydrogen) atoms. The largest absolute Gasteiger partial charge is 0.497 e. The van der Waals surface area contributed by atoms with Gasteiger partial charge in [-0.05, 0) is 56.4 Å². The van der Waals surface area contributed by atoms with Crippen LogP contribution in [0.1, 0.15) is 43.2 Å². The normalized spacial score (nSPS) is 13.8. The number of ether oxygens (including phenoxy) is 2. The van der Waals surface area contributed by atoms with Crippen LogP contribution >= 0.6 is 11.8 Å². The number of benzene rings is 2. The fourth-order valence-corrected chi connectivity index (χ4v) is 4.92. The number of thioether (sulfide) groups is 1. The summed E-state index contributed by atoms with van der Waals surface area (Å²) in [5.41, 5.74) is 4.99. The first-order valence-electron chi connectivity index (χ1n) is 11.6. The molecule has 1 saturated carbocycles. The molecule has 0 atom stereocenters. The van der Waals surface area contributed by atoms with Crippen LogP contribution in [0.25, 0.3) is 22.4 Å². The molecule has 0 radical (unpaired) electrons. The molecule has 0 aliphatic heterocycles. The highest BCUT2D eigenvalue weighted by Crippen LogP contribution is 2.35. The molecule has 0 N–H and O–H groups in total. The van der Waals surface area contributed by atoms with Crippen LogP contribution in [-0.4, -0.2) is 29.9 Å². The molecule has 1 fully saturated rings. The molecule has 1 aliphatic carbocycles. The number of rotatable bonds is 7. The van der Waals surface area contributed by atoms with Gasteiger partial charge in [-0.3, -0.25) is 4.79 Å². The van der Waals surface area contributed by atoms with Gasteiger partial charge in [0.15, 0.2) is 0 Å². The van der Waals surface area contributed by atoms with Gasteiger partial charge in [0, 0.05) is 11.1 Å². The molecular formula is C28H28N2O3S. The number of methoxy groups -OCH3 is 1. The Morgan fingerprint density at radius 3 is 2.38 bits per heavy atom. The number of nitrogens with zero attached hydrogens (tertiary/aromatic N) is 2. The first-order valence-corrected chi connectivity index (χ1v) is 12.5. The predicted octanol–water partition coefficient (Wildman–Crippen LogP) is 6.57. The minimum atomic E-state index is -0.255. The molecule has 4 rings (SSSR count). The Morgan fingerprint density at radius 2 is 1.74 bits per heavy atom. The van der Waals surface area contributed by atoms with Crippen molar-refractivity contribution >= 4 is 17.7 Å². The molecule has 174 valence electrons. The molecule has 0 saturated heterocycles. The molecule has 3 aromatic rings. The summed E-state index contributed by atoms with van der Waals surface area (Å²) in [5.74, 6) is 0.613. The molecule has 0 unspecified atom stereocenters. The molecule has 5 nitrogen and oxygen atoms in total.